The molecule has 0 aromatic carbocycles. The highest BCUT2D eigenvalue weighted by molar-refractivity contribution is 6.26. The van der Waals surface area contributed by atoms with Gasteiger partial charge in [0.1, 0.15) is 5.69 Å². The molecule has 1 aromatic rings. The minimum Gasteiger partial charge on any atom is -0.492 e. The zero-order valence-corrected chi connectivity index (χ0v) is 11.4. The fraction of sp³-hybridized carbons (Fsp3) is 0.429. The molecule has 0 N–H and O–H groups in total. The number of nitrogens with zero attached hydrogens (tertiary/aromatic N) is 1. The fourth-order valence-corrected chi connectivity index (χ4v) is 2.73. The zero-order valence-electron chi connectivity index (χ0n) is 11.4. The van der Waals surface area contributed by atoms with Crippen LogP contribution in [0.15, 0.2) is 11.3 Å². The maximum atomic E-state index is 12.4. The Balaban J connectivity index is 2.80. The maximum absolute atomic E-state index is 12.4. The van der Waals surface area contributed by atoms with Gasteiger partial charge >= 0.3 is 0 Å². The van der Waals surface area contributed by atoms with E-state index in [1.165, 1.54) is 7.11 Å². The number of ether oxygens (including phenoxy) is 1. The van der Waals surface area contributed by atoms with Crippen molar-refractivity contribution in [3.8, 4) is 0 Å². The van der Waals surface area contributed by atoms with Crippen LogP contribution in [-0.2, 0) is 18.2 Å². The molecule has 4 nitrogen and oxygen atoms in total. The van der Waals surface area contributed by atoms with Crippen molar-refractivity contribution < 1.29 is 14.3 Å². The second kappa shape index (κ2) is 4.12. The second-order valence-electron chi connectivity index (χ2n) is 4.52. The van der Waals surface area contributed by atoms with E-state index < -0.39 is 0 Å². The molecule has 0 unspecified atom stereocenters. The van der Waals surface area contributed by atoms with E-state index in [-0.39, 0.29) is 17.3 Å². The van der Waals surface area contributed by atoms with Crippen molar-refractivity contribution in [2.75, 3.05) is 7.11 Å². The Labute approximate surface area is 106 Å². The molecule has 0 fully saturated rings. The summed E-state index contributed by atoms with van der Waals surface area (Å²) in [5.41, 5.74) is 3.29. The third-order valence-corrected chi connectivity index (χ3v) is 3.65. The summed E-state index contributed by atoms with van der Waals surface area (Å²) in [5, 5.41) is 0. The Morgan fingerprint density at radius 1 is 1.17 bits per heavy atom. The minimum absolute atomic E-state index is 0.119. The molecule has 1 aromatic heterocycles. The number of hydrogen-bond donors (Lipinski definition) is 0. The number of allylic oxidation sites excluding steroid dienone is 2. The van der Waals surface area contributed by atoms with E-state index in [2.05, 4.69) is 0 Å². The molecule has 4 heteroatoms. The predicted octanol–water partition coefficient (Wildman–Crippen LogP) is 2.20. The van der Waals surface area contributed by atoms with E-state index in [0.29, 0.717) is 16.8 Å². The van der Waals surface area contributed by atoms with Crippen LogP contribution in [0.3, 0.4) is 0 Å². The monoisotopic (exact) mass is 247 g/mol. The smallest absolute Gasteiger partial charge is 0.230 e. The number of hydrogen-bond acceptors (Lipinski definition) is 3. The van der Waals surface area contributed by atoms with E-state index in [9.17, 15) is 9.59 Å². The van der Waals surface area contributed by atoms with Gasteiger partial charge in [0, 0.05) is 18.3 Å². The van der Waals surface area contributed by atoms with Gasteiger partial charge in [-0.3, -0.25) is 9.59 Å². The van der Waals surface area contributed by atoms with Gasteiger partial charge in [-0.1, -0.05) is 6.92 Å². The molecule has 2 rings (SSSR count). The van der Waals surface area contributed by atoms with E-state index in [1.807, 2.05) is 25.5 Å². The molecule has 18 heavy (non-hydrogen) atoms. The molecule has 0 aliphatic heterocycles. The van der Waals surface area contributed by atoms with Gasteiger partial charge in [0.2, 0.25) is 11.6 Å². The van der Waals surface area contributed by atoms with E-state index in [1.54, 1.807) is 6.92 Å². The Morgan fingerprint density at radius 2 is 1.78 bits per heavy atom. The van der Waals surface area contributed by atoms with Gasteiger partial charge in [0.25, 0.3) is 0 Å². The first-order chi connectivity index (χ1) is 8.45. The SMILES string of the molecule is CCc1c(C)c2c(n1C)C(=O)C(C)=C(OC)C2=O. The zero-order chi connectivity index (χ0) is 13.6. The average molecular weight is 247 g/mol. The molecule has 0 atom stereocenters. The maximum Gasteiger partial charge on any atom is 0.230 e. The minimum atomic E-state index is -0.183. The third kappa shape index (κ3) is 1.38. The molecule has 1 heterocycles. The fourth-order valence-electron chi connectivity index (χ4n) is 2.73. The molecule has 0 amide bonds. The number of carbonyl (C=O) groups is 2. The molecular weight excluding hydrogens is 230 g/mol. The topological polar surface area (TPSA) is 48.3 Å². The Hall–Kier alpha value is -1.84. The first-order valence-electron chi connectivity index (χ1n) is 5.98. The molecule has 0 saturated heterocycles. The molecule has 0 bridgehead atoms. The summed E-state index contributed by atoms with van der Waals surface area (Å²) in [6, 6.07) is 0. The molecule has 1 aliphatic carbocycles. The lowest BCUT2D eigenvalue weighted by Gasteiger charge is -2.16. The summed E-state index contributed by atoms with van der Waals surface area (Å²) < 4.78 is 6.91. The van der Waals surface area contributed by atoms with Crippen molar-refractivity contribution in [3.05, 3.63) is 33.8 Å². The van der Waals surface area contributed by atoms with Crippen molar-refractivity contribution in [1.29, 1.82) is 0 Å². The summed E-state index contributed by atoms with van der Waals surface area (Å²) in [5.74, 6) is -0.131. The van der Waals surface area contributed by atoms with Crippen LogP contribution in [-0.4, -0.2) is 23.2 Å². The first kappa shape index (κ1) is 12.6. The molecule has 0 saturated carbocycles. The van der Waals surface area contributed by atoms with Crippen molar-refractivity contribution in [1.82, 2.24) is 4.57 Å². The van der Waals surface area contributed by atoms with Crippen LogP contribution in [0.1, 0.15) is 46.0 Å². The van der Waals surface area contributed by atoms with Crippen molar-refractivity contribution in [3.63, 3.8) is 0 Å². The lowest BCUT2D eigenvalue weighted by Crippen LogP contribution is -2.23. The number of methoxy groups -OCH3 is 1. The lowest BCUT2D eigenvalue weighted by molar-refractivity contribution is 0.0902. The van der Waals surface area contributed by atoms with Gasteiger partial charge in [-0.2, -0.15) is 0 Å². The van der Waals surface area contributed by atoms with Crippen LogP contribution in [0.25, 0.3) is 0 Å². The van der Waals surface area contributed by atoms with Gasteiger partial charge in [0.05, 0.1) is 12.7 Å². The van der Waals surface area contributed by atoms with Gasteiger partial charge in [0.15, 0.2) is 5.76 Å². The van der Waals surface area contributed by atoms with Gasteiger partial charge in [-0.15, -0.1) is 0 Å². The molecule has 1 aliphatic rings. The highest BCUT2D eigenvalue weighted by Crippen LogP contribution is 2.32. The van der Waals surface area contributed by atoms with E-state index in [4.69, 9.17) is 4.74 Å². The predicted molar refractivity (Wildman–Crippen MR) is 67.9 cm³/mol. The molecule has 96 valence electrons. The number of rotatable bonds is 2. The normalized spacial score (nSPS) is 15.2. The van der Waals surface area contributed by atoms with Crippen LogP contribution in [0, 0.1) is 6.92 Å². The Morgan fingerprint density at radius 3 is 2.28 bits per heavy atom. The number of Topliss-reactive ketones (excluding diaryl/α,β-unsaturated/α-hetero) is 2. The van der Waals surface area contributed by atoms with Crippen LogP contribution in [0.4, 0.5) is 0 Å². The second-order valence-corrected chi connectivity index (χ2v) is 4.52. The highest BCUT2D eigenvalue weighted by atomic mass is 16.5. The summed E-state index contributed by atoms with van der Waals surface area (Å²) in [6.45, 7) is 5.53. The largest absolute Gasteiger partial charge is 0.492 e. The standard InChI is InChI=1S/C14H17NO3/c1-6-9-7(2)10-11(15(9)4)12(16)8(3)14(18-5)13(10)17/h6H2,1-5H3. The quantitative estimate of drug-likeness (QED) is 0.805. The van der Waals surface area contributed by atoms with Crippen LogP contribution in [0.5, 0.6) is 0 Å². The van der Waals surface area contributed by atoms with Crippen LogP contribution < -0.4 is 0 Å². The van der Waals surface area contributed by atoms with Gasteiger partial charge in [-0.05, 0) is 25.8 Å². The molecular formula is C14H17NO3. The van der Waals surface area contributed by atoms with Crippen molar-refractivity contribution in [2.24, 2.45) is 7.05 Å². The average Bonchev–Trinajstić information content (AvgIpc) is 2.59. The lowest BCUT2D eigenvalue weighted by atomic mass is 9.92. The van der Waals surface area contributed by atoms with Crippen molar-refractivity contribution >= 4 is 11.6 Å². The molecule has 0 radical (unpaired) electrons. The van der Waals surface area contributed by atoms with E-state index in [0.717, 1.165) is 17.7 Å². The number of ketones is 2. The molecule has 0 spiro atoms. The van der Waals surface area contributed by atoms with Gasteiger partial charge < -0.3 is 9.30 Å². The summed E-state index contributed by atoms with van der Waals surface area (Å²) in [7, 11) is 3.26. The highest BCUT2D eigenvalue weighted by Gasteiger charge is 2.36. The number of carbonyl (C=O) groups excluding carboxylic acids is 2. The summed E-state index contributed by atoms with van der Waals surface area (Å²) in [4.78, 5) is 24.7. The van der Waals surface area contributed by atoms with Gasteiger partial charge in [-0.25, -0.2) is 0 Å². The Kier molecular flexibility index (Phi) is 2.89. The third-order valence-electron chi connectivity index (χ3n) is 3.65. The first-order valence-corrected chi connectivity index (χ1v) is 5.98. The number of fused-ring (bicyclic) bond motifs is 1. The van der Waals surface area contributed by atoms with Crippen LogP contribution in [0.2, 0.25) is 0 Å². The van der Waals surface area contributed by atoms with Crippen molar-refractivity contribution in [2.45, 2.75) is 27.2 Å². The number of aromatic nitrogens is 1. The summed E-state index contributed by atoms with van der Waals surface area (Å²) >= 11 is 0. The summed E-state index contributed by atoms with van der Waals surface area (Å²) in [6.07, 6.45) is 0.789. The Bertz CT molecular complexity index is 591. The van der Waals surface area contributed by atoms with E-state index >= 15 is 0 Å². The van der Waals surface area contributed by atoms with Crippen LogP contribution >= 0.6 is 0 Å².